The van der Waals surface area contributed by atoms with E-state index in [4.69, 9.17) is 0 Å². The molecule has 0 aliphatic heterocycles. The fourth-order valence-corrected chi connectivity index (χ4v) is 2.62. The van der Waals surface area contributed by atoms with Crippen molar-refractivity contribution in [2.75, 3.05) is 19.1 Å². The summed E-state index contributed by atoms with van der Waals surface area (Å²) in [5, 5.41) is 18.8. The van der Waals surface area contributed by atoms with Gasteiger partial charge in [0, 0.05) is 5.56 Å². The van der Waals surface area contributed by atoms with Crippen molar-refractivity contribution in [1.82, 2.24) is 15.5 Å². The van der Waals surface area contributed by atoms with Crippen molar-refractivity contribution in [1.29, 1.82) is 0 Å². The Morgan fingerprint density at radius 3 is 2.88 bits per heavy atom. The van der Waals surface area contributed by atoms with E-state index in [0.717, 1.165) is 12.1 Å². The summed E-state index contributed by atoms with van der Waals surface area (Å²) in [4.78, 5) is 24.0. The normalized spacial score (nSPS) is 11.8. The monoisotopic (exact) mass is 367 g/mol. The summed E-state index contributed by atoms with van der Waals surface area (Å²) in [7, 11) is 1.25. The molecule has 3 N–H and O–H groups in total. The fourth-order valence-electron chi connectivity index (χ4n) is 2.15. The van der Waals surface area contributed by atoms with Crippen molar-refractivity contribution >= 4 is 23.6 Å². The van der Waals surface area contributed by atoms with Crippen LogP contribution in [0.25, 0.3) is 11.3 Å². The van der Waals surface area contributed by atoms with Gasteiger partial charge in [0.2, 0.25) is 0 Å². The van der Waals surface area contributed by atoms with E-state index in [1.54, 1.807) is 11.8 Å². The van der Waals surface area contributed by atoms with Gasteiger partial charge in [0.15, 0.2) is 0 Å². The number of aromatic amines is 1. The lowest BCUT2D eigenvalue weighted by Gasteiger charge is -2.15. The molecule has 2 aromatic rings. The number of esters is 1. The third-order valence-electron chi connectivity index (χ3n) is 3.46. The van der Waals surface area contributed by atoms with Crippen LogP contribution in [0.2, 0.25) is 0 Å². The van der Waals surface area contributed by atoms with Gasteiger partial charge < -0.3 is 15.2 Å². The van der Waals surface area contributed by atoms with Crippen LogP contribution in [0.15, 0.2) is 24.3 Å². The molecule has 1 atom stereocenters. The lowest BCUT2D eigenvalue weighted by molar-refractivity contribution is -0.142. The van der Waals surface area contributed by atoms with E-state index in [1.807, 2.05) is 6.26 Å². The number of phenolic OH excluding ortho intramolecular Hbond substituents is 1. The number of phenols is 1. The Kier molecular flexibility index (Phi) is 6.40. The highest BCUT2D eigenvalue weighted by molar-refractivity contribution is 7.98. The van der Waals surface area contributed by atoms with Crippen LogP contribution in [0.3, 0.4) is 0 Å². The van der Waals surface area contributed by atoms with Crippen LogP contribution in [0.1, 0.15) is 16.9 Å². The van der Waals surface area contributed by atoms with E-state index < -0.39 is 23.7 Å². The first kappa shape index (κ1) is 18.8. The number of aromatic nitrogens is 2. The minimum Gasteiger partial charge on any atom is -0.507 e. The van der Waals surface area contributed by atoms with Gasteiger partial charge in [0.25, 0.3) is 5.91 Å². The molecule has 25 heavy (non-hydrogen) atoms. The molecule has 0 saturated heterocycles. The van der Waals surface area contributed by atoms with Crippen LogP contribution in [0, 0.1) is 5.82 Å². The summed E-state index contributed by atoms with van der Waals surface area (Å²) in [5.41, 5.74) is 0.444. The number of halogens is 1. The Hall–Kier alpha value is -2.55. The maximum atomic E-state index is 13.3. The number of carbonyl (C=O) groups is 2. The molecular weight excluding hydrogens is 349 g/mol. The van der Waals surface area contributed by atoms with Gasteiger partial charge in [-0.25, -0.2) is 9.18 Å². The number of thioether (sulfide) groups is 1. The highest BCUT2D eigenvalue weighted by atomic mass is 32.2. The summed E-state index contributed by atoms with van der Waals surface area (Å²) in [6.45, 7) is 0. The molecule has 1 aromatic heterocycles. The third kappa shape index (κ3) is 4.72. The maximum Gasteiger partial charge on any atom is 0.328 e. The van der Waals surface area contributed by atoms with Gasteiger partial charge in [-0.3, -0.25) is 9.89 Å². The molecule has 7 nitrogen and oxygen atoms in total. The predicted molar refractivity (Wildman–Crippen MR) is 91.9 cm³/mol. The topological polar surface area (TPSA) is 104 Å². The SMILES string of the molecule is COC(=O)C(CCSC)NC(=O)c1cc(-c2cc(F)ccc2O)n[nH]1. The number of H-pyrrole nitrogens is 1. The van der Waals surface area contributed by atoms with Crippen molar-refractivity contribution in [3.8, 4) is 17.0 Å². The number of methoxy groups -OCH3 is 1. The van der Waals surface area contributed by atoms with Crippen LogP contribution in [-0.4, -0.2) is 52.3 Å². The van der Waals surface area contributed by atoms with E-state index >= 15 is 0 Å². The van der Waals surface area contributed by atoms with Crippen molar-refractivity contribution in [3.63, 3.8) is 0 Å². The Morgan fingerprint density at radius 2 is 2.20 bits per heavy atom. The molecule has 1 amide bonds. The van der Waals surface area contributed by atoms with Gasteiger partial charge in [0.05, 0.1) is 12.8 Å². The molecule has 1 heterocycles. The zero-order valence-corrected chi connectivity index (χ0v) is 14.5. The summed E-state index contributed by atoms with van der Waals surface area (Å²) < 4.78 is 18.0. The van der Waals surface area contributed by atoms with Crippen molar-refractivity contribution in [2.45, 2.75) is 12.5 Å². The summed E-state index contributed by atoms with van der Waals surface area (Å²) in [6.07, 6.45) is 2.31. The molecular formula is C16H18FN3O4S. The molecule has 0 aliphatic carbocycles. The van der Waals surface area contributed by atoms with Crippen molar-refractivity contribution in [2.24, 2.45) is 0 Å². The van der Waals surface area contributed by atoms with Crippen LogP contribution in [0.5, 0.6) is 5.75 Å². The summed E-state index contributed by atoms with van der Waals surface area (Å²) in [5.74, 6) is -1.11. The lowest BCUT2D eigenvalue weighted by atomic mass is 10.1. The molecule has 9 heteroatoms. The average molecular weight is 367 g/mol. The first-order chi connectivity index (χ1) is 12.0. The number of hydrogen-bond acceptors (Lipinski definition) is 6. The zero-order valence-electron chi connectivity index (χ0n) is 13.7. The summed E-state index contributed by atoms with van der Waals surface area (Å²) >= 11 is 1.54. The molecule has 1 aromatic carbocycles. The Morgan fingerprint density at radius 1 is 1.44 bits per heavy atom. The number of nitrogens with one attached hydrogen (secondary N) is 2. The highest BCUT2D eigenvalue weighted by Crippen LogP contribution is 2.28. The fraction of sp³-hybridized carbons (Fsp3) is 0.312. The van der Waals surface area contributed by atoms with Crippen LogP contribution in [0.4, 0.5) is 4.39 Å². The molecule has 1 unspecified atom stereocenters. The van der Waals surface area contributed by atoms with Crippen LogP contribution in [-0.2, 0) is 9.53 Å². The second-order valence-corrected chi connectivity index (χ2v) is 6.14. The second kappa shape index (κ2) is 8.52. The van der Waals surface area contributed by atoms with E-state index in [0.29, 0.717) is 12.2 Å². The molecule has 0 fully saturated rings. The van der Waals surface area contributed by atoms with E-state index in [2.05, 4.69) is 20.3 Å². The number of carbonyl (C=O) groups excluding carboxylic acids is 2. The molecule has 0 bridgehead atoms. The Balaban J connectivity index is 2.16. The number of hydrogen-bond donors (Lipinski definition) is 3. The van der Waals surface area contributed by atoms with Gasteiger partial charge in [-0.05, 0) is 42.7 Å². The van der Waals surface area contributed by atoms with Crippen LogP contribution < -0.4 is 5.32 Å². The van der Waals surface area contributed by atoms with Gasteiger partial charge in [0.1, 0.15) is 23.3 Å². The third-order valence-corrected chi connectivity index (χ3v) is 4.10. The number of amides is 1. The lowest BCUT2D eigenvalue weighted by Crippen LogP contribution is -2.42. The van der Waals surface area contributed by atoms with Gasteiger partial charge in [-0.2, -0.15) is 16.9 Å². The zero-order chi connectivity index (χ0) is 18.4. The molecule has 134 valence electrons. The molecule has 0 spiro atoms. The van der Waals surface area contributed by atoms with Gasteiger partial charge >= 0.3 is 5.97 Å². The summed E-state index contributed by atoms with van der Waals surface area (Å²) in [6, 6.07) is 4.02. The second-order valence-electron chi connectivity index (χ2n) is 5.16. The first-order valence-electron chi connectivity index (χ1n) is 7.38. The molecule has 0 saturated carbocycles. The average Bonchev–Trinajstić information content (AvgIpc) is 3.09. The van der Waals surface area contributed by atoms with Crippen molar-refractivity contribution < 1.29 is 23.8 Å². The van der Waals surface area contributed by atoms with Gasteiger partial charge in [-0.1, -0.05) is 0 Å². The Bertz CT molecular complexity index is 766. The van der Waals surface area contributed by atoms with Crippen LogP contribution >= 0.6 is 11.8 Å². The minimum absolute atomic E-state index is 0.0803. The number of benzene rings is 1. The molecule has 0 radical (unpaired) electrons. The van der Waals surface area contributed by atoms with Gasteiger partial charge in [-0.15, -0.1) is 0 Å². The maximum absolute atomic E-state index is 13.3. The number of aromatic hydroxyl groups is 1. The first-order valence-corrected chi connectivity index (χ1v) is 8.77. The molecule has 2 rings (SSSR count). The largest absolute Gasteiger partial charge is 0.507 e. The Labute approximate surface area is 148 Å². The van der Waals surface area contributed by atoms with E-state index in [-0.39, 0.29) is 22.7 Å². The van der Waals surface area contributed by atoms with Crippen molar-refractivity contribution in [3.05, 3.63) is 35.8 Å². The standard InChI is InChI=1S/C16H18FN3O4S/c1-24-16(23)11(5-6-25-2)18-15(22)13-8-12(19-20-13)10-7-9(17)3-4-14(10)21/h3-4,7-8,11,21H,5-6H2,1-2H3,(H,18,22)(H,19,20). The highest BCUT2D eigenvalue weighted by Gasteiger charge is 2.23. The van der Waals surface area contributed by atoms with E-state index in [1.165, 1.54) is 19.2 Å². The quantitative estimate of drug-likeness (QED) is 0.646. The number of rotatable bonds is 7. The smallest absolute Gasteiger partial charge is 0.328 e. The number of ether oxygens (including phenoxy) is 1. The minimum atomic E-state index is -0.778. The number of nitrogens with zero attached hydrogens (tertiary/aromatic N) is 1. The predicted octanol–water partition coefficient (Wildman–Crippen LogP) is 1.95. The molecule has 0 aliphatic rings. The van der Waals surface area contributed by atoms with E-state index in [9.17, 15) is 19.1 Å².